The molecular weight excluding hydrogens is 727 g/mol. The third-order valence-electron chi connectivity index (χ3n) is 13.1. The molecule has 0 N–H and O–H groups in total. The van der Waals surface area contributed by atoms with Gasteiger partial charge in [0.25, 0.3) is 0 Å². The van der Waals surface area contributed by atoms with Crippen LogP contribution in [0.15, 0.2) is 154 Å². The van der Waals surface area contributed by atoms with Gasteiger partial charge in [0.1, 0.15) is 22.3 Å². The van der Waals surface area contributed by atoms with Crippen LogP contribution in [0.5, 0.6) is 0 Å². The van der Waals surface area contributed by atoms with E-state index in [1.807, 2.05) is 11.3 Å². The maximum atomic E-state index is 6.81. The van der Waals surface area contributed by atoms with E-state index in [2.05, 4.69) is 176 Å². The Morgan fingerprint density at radius 2 is 1.26 bits per heavy atom. The predicted octanol–water partition coefficient (Wildman–Crippen LogP) is 13.5. The van der Waals surface area contributed by atoms with Crippen molar-refractivity contribution >= 4 is 126 Å². The van der Waals surface area contributed by atoms with Crippen LogP contribution < -0.4 is 15.7 Å². The Labute approximate surface area is 337 Å². The molecule has 12 aromatic rings. The van der Waals surface area contributed by atoms with Gasteiger partial charge in [-0.05, 0) is 82.1 Å². The molecule has 58 heavy (non-hydrogen) atoms. The third kappa shape index (κ3) is 3.86. The monoisotopic (exact) mass is 760 g/mol. The Morgan fingerprint density at radius 3 is 2.07 bits per heavy atom. The predicted molar refractivity (Wildman–Crippen MR) is 246 cm³/mol. The van der Waals surface area contributed by atoms with Crippen molar-refractivity contribution in [1.29, 1.82) is 0 Å². The number of benzene rings is 8. The van der Waals surface area contributed by atoms with Crippen LogP contribution in [0.2, 0.25) is 0 Å². The highest BCUT2D eigenvalue weighted by Gasteiger charge is 2.45. The quantitative estimate of drug-likeness (QED) is 0.156. The minimum Gasteiger partial charge on any atom is -0.456 e. The molecule has 0 spiro atoms. The van der Waals surface area contributed by atoms with Crippen molar-refractivity contribution in [3.63, 3.8) is 0 Å². The highest BCUT2D eigenvalue weighted by atomic mass is 32.1. The van der Waals surface area contributed by atoms with Gasteiger partial charge < -0.3 is 18.2 Å². The molecule has 0 aliphatic carbocycles. The molecule has 272 valence electrons. The van der Waals surface area contributed by atoms with Crippen molar-refractivity contribution in [3.05, 3.63) is 151 Å². The van der Waals surface area contributed by atoms with Crippen LogP contribution in [-0.2, 0) is 5.41 Å². The number of furan rings is 2. The first-order chi connectivity index (χ1) is 28.4. The lowest BCUT2D eigenvalue weighted by molar-refractivity contribution is 0.590. The maximum absolute atomic E-state index is 6.81. The summed E-state index contributed by atoms with van der Waals surface area (Å²) < 4.78 is 18.6. The molecule has 0 radical (unpaired) electrons. The minimum atomic E-state index is -0.116. The Morgan fingerprint density at radius 1 is 0.534 bits per heavy atom. The van der Waals surface area contributed by atoms with E-state index in [1.54, 1.807) is 0 Å². The zero-order valence-electron chi connectivity index (χ0n) is 32.1. The lowest BCUT2D eigenvalue weighted by Crippen LogP contribution is -2.60. The van der Waals surface area contributed by atoms with Crippen LogP contribution in [0.3, 0.4) is 0 Å². The number of hydrogen-bond donors (Lipinski definition) is 0. The fourth-order valence-electron chi connectivity index (χ4n) is 10.5. The lowest BCUT2D eigenvalue weighted by atomic mass is 9.44. The molecule has 0 amide bonds. The second kappa shape index (κ2) is 10.6. The van der Waals surface area contributed by atoms with Crippen molar-refractivity contribution in [2.75, 3.05) is 4.81 Å². The summed E-state index contributed by atoms with van der Waals surface area (Å²) in [7, 11) is 0. The fraction of sp³-hybridized carbons (Fsp3) is 0.0769. The molecule has 0 unspecified atom stereocenters. The number of aromatic nitrogens is 1. The second-order valence-corrected chi connectivity index (χ2v) is 18.3. The van der Waals surface area contributed by atoms with E-state index >= 15 is 0 Å². The van der Waals surface area contributed by atoms with Gasteiger partial charge in [-0.1, -0.05) is 106 Å². The molecule has 4 nitrogen and oxygen atoms in total. The standard InChI is InChI=1S/C52H33BN2O2S/c1-52(2,3)28-16-18-29(19-17-28)55-41-27-47-38(32-12-6-9-15-46(32)58-47)24-36(41)33-20-21-35-48-40(23-22-34-30-10-4-8-14-44(30)57-51(34)48)54-42-26-45-37(31-11-5-7-13-43(31)56-45)25-39(42)53(55)49(33)50(35)54/h4-27H,1-3H3. The van der Waals surface area contributed by atoms with Gasteiger partial charge in [0.15, 0.2) is 0 Å². The summed E-state index contributed by atoms with van der Waals surface area (Å²) in [5, 5.41) is 9.51. The molecule has 0 saturated carbocycles. The number of anilines is 2. The summed E-state index contributed by atoms with van der Waals surface area (Å²) in [5.41, 5.74) is 16.0. The highest BCUT2D eigenvalue weighted by Crippen LogP contribution is 2.50. The van der Waals surface area contributed by atoms with Crippen molar-refractivity contribution in [3.8, 4) is 16.8 Å². The molecule has 6 heterocycles. The van der Waals surface area contributed by atoms with Crippen molar-refractivity contribution in [1.82, 2.24) is 4.57 Å². The minimum absolute atomic E-state index is 0.0364. The van der Waals surface area contributed by atoms with Gasteiger partial charge in [-0.25, -0.2) is 0 Å². The number of para-hydroxylation sites is 2. The fourth-order valence-corrected chi connectivity index (χ4v) is 11.6. The van der Waals surface area contributed by atoms with E-state index in [4.69, 9.17) is 8.83 Å². The van der Waals surface area contributed by atoms with Gasteiger partial charge in [-0.3, -0.25) is 0 Å². The molecule has 0 bridgehead atoms. The van der Waals surface area contributed by atoms with Crippen LogP contribution in [0.25, 0.3) is 103 Å². The summed E-state index contributed by atoms with van der Waals surface area (Å²) >= 11 is 1.88. The van der Waals surface area contributed by atoms with Gasteiger partial charge in [-0.2, -0.15) is 0 Å². The summed E-state index contributed by atoms with van der Waals surface area (Å²) in [6.07, 6.45) is 0. The second-order valence-electron chi connectivity index (χ2n) is 17.2. The first-order valence-corrected chi connectivity index (χ1v) is 20.9. The van der Waals surface area contributed by atoms with Crippen LogP contribution in [0, 0.1) is 0 Å². The molecule has 0 atom stereocenters. The molecule has 0 saturated heterocycles. The van der Waals surface area contributed by atoms with E-state index < -0.39 is 0 Å². The van der Waals surface area contributed by atoms with Crippen molar-refractivity contribution in [2.45, 2.75) is 26.2 Å². The van der Waals surface area contributed by atoms with Crippen molar-refractivity contribution in [2.24, 2.45) is 0 Å². The van der Waals surface area contributed by atoms with E-state index in [9.17, 15) is 0 Å². The molecular formula is C52H33BN2O2S. The lowest BCUT2D eigenvalue weighted by Gasteiger charge is -2.42. The average molecular weight is 761 g/mol. The van der Waals surface area contributed by atoms with Crippen LogP contribution in [0.4, 0.5) is 11.4 Å². The summed E-state index contributed by atoms with van der Waals surface area (Å²) in [4.78, 5) is 2.64. The molecule has 4 aromatic heterocycles. The first kappa shape index (κ1) is 31.3. The summed E-state index contributed by atoms with van der Waals surface area (Å²) in [6.45, 7) is 6.76. The smallest absolute Gasteiger partial charge is 0.333 e. The maximum Gasteiger partial charge on any atom is 0.333 e. The van der Waals surface area contributed by atoms with Crippen molar-refractivity contribution < 1.29 is 8.83 Å². The van der Waals surface area contributed by atoms with Crippen LogP contribution in [-0.4, -0.2) is 11.4 Å². The Balaban J connectivity index is 1.18. The van der Waals surface area contributed by atoms with E-state index in [0.717, 1.165) is 60.5 Å². The number of nitrogens with zero attached hydrogens (tertiary/aromatic N) is 2. The average Bonchev–Trinajstić information content (AvgIpc) is 4.00. The highest BCUT2D eigenvalue weighted by molar-refractivity contribution is 7.25. The number of thiophene rings is 1. The topological polar surface area (TPSA) is 34.5 Å². The Bertz CT molecular complexity index is 3800. The van der Waals surface area contributed by atoms with Gasteiger partial charge in [0.2, 0.25) is 0 Å². The SMILES string of the molecule is CC(C)(C)c1ccc(N2B3c4cc5c(cc4-n4c6ccc7c8ccccc8oc7c6c6ccc(c3c64)-c3cc4c(cc32)sc2ccccc24)oc2ccccc25)cc1. The zero-order valence-corrected chi connectivity index (χ0v) is 32.9. The molecule has 0 fully saturated rings. The molecule has 2 aliphatic heterocycles. The number of hydrogen-bond acceptors (Lipinski definition) is 4. The zero-order chi connectivity index (χ0) is 38.2. The number of fused-ring (bicyclic) bond motifs is 18. The largest absolute Gasteiger partial charge is 0.456 e. The molecule has 2 aliphatic rings. The van der Waals surface area contributed by atoms with Gasteiger partial charge >= 0.3 is 6.85 Å². The normalized spacial score (nSPS) is 13.7. The Hall–Kier alpha value is -6.76. The van der Waals surface area contributed by atoms with Gasteiger partial charge in [-0.15, -0.1) is 11.3 Å². The Kier molecular flexibility index (Phi) is 5.73. The van der Waals surface area contributed by atoms with E-state index in [1.165, 1.54) is 70.1 Å². The van der Waals surface area contributed by atoms with E-state index in [0.29, 0.717) is 0 Å². The molecule has 6 heteroatoms. The van der Waals surface area contributed by atoms with Gasteiger partial charge in [0, 0.05) is 75.8 Å². The van der Waals surface area contributed by atoms with Crippen LogP contribution >= 0.6 is 11.3 Å². The van der Waals surface area contributed by atoms with Gasteiger partial charge in [0.05, 0.1) is 16.4 Å². The first-order valence-electron chi connectivity index (χ1n) is 20.1. The summed E-state index contributed by atoms with van der Waals surface area (Å²) in [5.74, 6) is 0. The van der Waals surface area contributed by atoms with Crippen LogP contribution in [0.1, 0.15) is 26.3 Å². The molecule has 14 rings (SSSR count). The van der Waals surface area contributed by atoms with E-state index in [-0.39, 0.29) is 12.3 Å². The summed E-state index contributed by atoms with van der Waals surface area (Å²) in [6, 6.07) is 54.0. The molecule has 8 aromatic carbocycles. The third-order valence-corrected chi connectivity index (χ3v) is 14.3. The number of rotatable bonds is 1.